The minimum absolute atomic E-state index is 0.00417. The largest absolute Gasteiger partial charge is 0.507 e. The van der Waals surface area contributed by atoms with Crippen LogP contribution in [0.5, 0.6) is 5.75 Å². The average Bonchev–Trinajstić information content (AvgIpc) is 2.95. The molecule has 0 aromatic heterocycles. The predicted molar refractivity (Wildman–Crippen MR) is 155 cm³/mol. The van der Waals surface area contributed by atoms with Crippen LogP contribution in [0, 0.1) is 16.7 Å². The van der Waals surface area contributed by atoms with E-state index in [-0.39, 0.29) is 34.6 Å². The molecule has 3 aromatic rings. The number of aromatic hydroxyl groups is 1. The smallest absolute Gasteiger partial charge is 0.417 e. The molecule has 3 aromatic carbocycles. The highest BCUT2D eigenvalue weighted by Gasteiger charge is 2.35. The third kappa shape index (κ3) is 7.77. The van der Waals surface area contributed by atoms with Crippen molar-refractivity contribution in [1.29, 1.82) is 10.7 Å². The molecule has 11 nitrogen and oxygen atoms in total. The standard InChI is InChI=1S/C30H26F3N5O6/c1-3-4-5-26(41)37-24-12-21(27(35)28(42)38-23-9-6-16(14-34)10-20(23)29(43)44)25(40)13-19(24)18-8-7-17(36-15(2)39)11-22(18)30(31,32)33/h6-13,35,40H,3-5H2,1-2H3,(H,36,39)(H,37,41)(H,38,42)(H,43,44). The lowest BCUT2D eigenvalue weighted by molar-refractivity contribution is -0.137. The summed E-state index contributed by atoms with van der Waals surface area (Å²) in [5.41, 5.74) is -4.46. The molecule has 0 aliphatic heterocycles. The Morgan fingerprint density at radius 1 is 0.932 bits per heavy atom. The Morgan fingerprint density at radius 2 is 1.64 bits per heavy atom. The van der Waals surface area contributed by atoms with Crippen molar-refractivity contribution in [2.45, 2.75) is 39.3 Å². The van der Waals surface area contributed by atoms with Crippen molar-refractivity contribution in [2.75, 3.05) is 16.0 Å². The summed E-state index contributed by atoms with van der Waals surface area (Å²) in [5.74, 6) is -4.64. The van der Waals surface area contributed by atoms with Gasteiger partial charge in [-0.05, 0) is 54.4 Å². The monoisotopic (exact) mass is 609 g/mol. The molecule has 0 unspecified atom stereocenters. The molecule has 0 radical (unpaired) electrons. The molecule has 228 valence electrons. The van der Waals surface area contributed by atoms with Gasteiger partial charge in [-0.15, -0.1) is 0 Å². The van der Waals surface area contributed by atoms with Gasteiger partial charge in [-0.3, -0.25) is 19.8 Å². The van der Waals surface area contributed by atoms with Crippen molar-refractivity contribution in [3.05, 3.63) is 70.8 Å². The minimum Gasteiger partial charge on any atom is -0.507 e. The van der Waals surface area contributed by atoms with E-state index in [2.05, 4.69) is 16.0 Å². The van der Waals surface area contributed by atoms with E-state index in [0.717, 1.165) is 37.3 Å². The lowest BCUT2D eigenvalue weighted by atomic mass is 9.94. The fraction of sp³-hybridized carbons (Fsp3) is 0.200. The number of nitrogens with zero attached hydrogens (tertiary/aromatic N) is 1. The van der Waals surface area contributed by atoms with Gasteiger partial charge in [-0.1, -0.05) is 19.4 Å². The van der Waals surface area contributed by atoms with Crippen LogP contribution in [-0.2, 0) is 20.6 Å². The number of halogens is 3. The normalized spacial score (nSPS) is 10.8. The highest BCUT2D eigenvalue weighted by atomic mass is 19.4. The number of amides is 3. The number of alkyl halides is 3. The molecule has 6 N–H and O–H groups in total. The quantitative estimate of drug-likeness (QED) is 0.125. The summed E-state index contributed by atoms with van der Waals surface area (Å²) in [5, 5.41) is 44.7. The van der Waals surface area contributed by atoms with Crippen LogP contribution in [0.4, 0.5) is 30.2 Å². The van der Waals surface area contributed by atoms with E-state index < -0.39 is 63.6 Å². The molecule has 0 fully saturated rings. The first-order valence-corrected chi connectivity index (χ1v) is 13.0. The Hall–Kier alpha value is -5.71. The van der Waals surface area contributed by atoms with Crippen LogP contribution in [0.2, 0.25) is 0 Å². The van der Waals surface area contributed by atoms with Gasteiger partial charge in [0.1, 0.15) is 11.5 Å². The SMILES string of the molecule is CCCCC(=O)Nc1cc(C(=N)C(=O)Nc2ccc(C#N)cc2C(=O)O)c(O)cc1-c1ccc(NC(C)=O)cc1C(F)(F)F. The summed E-state index contributed by atoms with van der Waals surface area (Å²) < 4.78 is 42.5. The van der Waals surface area contributed by atoms with E-state index in [0.29, 0.717) is 18.9 Å². The molecule has 0 spiro atoms. The van der Waals surface area contributed by atoms with Crippen molar-refractivity contribution >= 4 is 46.5 Å². The number of hydrogen-bond acceptors (Lipinski definition) is 7. The number of carbonyl (C=O) groups excluding carboxylic acids is 3. The second-order valence-electron chi connectivity index (χ2n) is 9.51. The van der Waals surface area contributed by atoms with Gasteiger partial charge in [0.05, 0.1) is 28.4 Å². The number of carboxylic acids is 1. The third-order valence-corrected chi connectivity index (χ3v) is 6.23. The van der Waals surface area contributed by atoms with E-state index in [1.807, 2.05) is 6.92 Å². The molecule has 0 saturated carbocycles. The van der Waals surface area contributed by atoms with Crippen LogP contribution >= 0.6 is 0 Å². The minimum atomic E-state index is -4.93. The predicted octanol–water partition coefficient (Wildman–Crippen LogP) is 5.74. The van der Waals surface area contributed by atoms with Crippen LogP contribution in [0.15, 0.2) is 48.5 Å². The molecule has 0 aliphatic carbocycles. The summed E-state index contributed by atoms with van der Waals surface area (Å²) in [6.45, 7) is 2.95. The van der Waals surface area contributed by atoms with Crippen LogP contribution in [0.3, 0.4) is 0 Å². The van der Waals surface area contributed by atoms with E-state index >= 15 is 0 Å². The third-order valence-electron chi connectivity index (χ3n) is 6.23. The maximum Gasteiger partial charge on any atom is 0.417 e. The van der Waals surface area contributed by atoms with Crippen LogP contribution in [0.1, 0.15) is 60.2 Å². The summed E-state index contributed by atoms with van der Waals surface area (Å²) in [6.07, 6.45) is -3.83. The molecule has 14 heteroatoms. The number of nitrogens with one attached hydrogen (secondary N) is 4. The fourth-order valence-corrected chi connectivity index (χ4v) is 4.17. The first kappa shape index (κ1) is 32.8. The Kier molecular flexibility index (Phi) is 10.1. The van der Waals surface area contributed by atoms with Gasteiger partial charge in [0, 0.05) is 35.8 Å². The number of unbranched alkanes of at least 4 members (excludes halogenated alkanes) is 1. The molecule has 0 bridgehead atoms. The molecule has 3 rings (SSSR count). The Morgan fingerprint density at radius 3 is 2.23 bits per heavy atom. The topological polar surface area (TPSA) is 192 Å². The average molecular weight is 610 g/mol. The maximum atomic E-state index is 14.2. The van der Waals surface area contributed by atoms with Gasteiger partial charge in [-0.25, -0.2) is 4.79 Å². The summed E-state index contributed by atoms with van der Waals surface area (Å²) >= 11 is 0. The van der Waals surface area contributed by atoms with Crippen molar-refractivity contribution in [2.24, 2.45) is 0 Å². The lowest BCUT2D eigenvalue weighted by Gasteiger charge is -2.20. The molecule has 3 amide bonds. The molecule has 44 heavy (non-hydrogen) atoms. The summed E-state index contributed by atoms with van der Waals surface area (Å²) in [6, 6.07) is 9.90. The zero-order chi connectivity index (χ0) is 32.8. The number of carboxylic acid groups (broad SMARTS) is 1. The Labute approximate surface area is 248 Å². The fourth-order valence-electron chi connectivity index (χ4n) is 4.17. The number of nitriles is 1. The van der Waals surface area contributed by atoms with Crippen molar-refractivity contribution in [1.82, 2.24) is 0 Å². The van der Waals surface area contributed by atoms with Crippen molar-refractivity contribution < 1.29 is 42.6 Å². The van der Waals surface area contributed by atoms with Crippen molar-refractivity contribution in [3.63, 3.8) is 0 Å². The zero-order valence-corrected chi connectivity index (χ0v) is 23.3. The summed E-state index contributed by atoms with van der Waals surface area (Å²) in [4.78, 5) is 48.7. The summed E-state index contributed by atoms with van der Waals surface area (Å²) in [7, 11) is 0. The molecule has 0 saturated heterocycles. The number of carbonyl (C=O) groups is 4. The molecular weight excluding hydrogens is 583 g/mol. The van der Waals surface area contributed by atoms with Crippen molar-refractivity contribution in [3.8, 4) is 22.9 Å². The number of phenols is 1. The van der Waals surface area contributed by atoms with E-state index in [4.69, 9.17) is 10.7 Å². The maximum absolute atomic E-state index is 14.2. The van der Waals surface area contributed by atoms with Gasteiger partial charge < -0.3 is 26.2 Å². The van der Waals surface area contributed by atoms with Crippen LogP contribution in [0.25, 0.3) is 11.1 Å². The van der Waals surface area contributed by atoms with Crippen LogP contribution < -0.4 is 16.0 Å². The van der Waals surface area contributed by atoms with E-state index in [1.165, 1.54) is 12.1 Å². The van der Waals surface area contributed by atoms with E-state index in [9.17, 15) is 42.6 Å². The first-order chi connectivity index (χ1) is 20.7. The lowest BCUT2D eigenvalue weighted by Crippen LogP contribution is -2.24. The molecule has 0 atom stereocenters. The molecule has 0 heterocycles. The van der Waals surface area contributed by atoms with Gasteiger partial charge in [0.2, 0.25) is 11.8 Å². The number of aromatic carboxylic acids is 1. The number of hydrogen-bond donors (Lipinski definition) is 6. The number of benzene rings is 3. The number of anilines is 3. The van der Waals surface area contributed by atoms with Crippen LogP contribution in [-0.4, -0.2) is 39.6 Å². The Balaban J connectivity index is 2.13. The van der Waals surface area contributed by atoms with Gasteiger partial charge in [0.25, 0.3) is 5.91 Å². The first-order valence-electron chi connectivity index (χ1n) is 13.0. The zero-order valence-electron chi connectivity index (χ0n) is 23.3. The Bertz CT molecular complexity index is 1710. The number of rotatable bonds is 10. The highest BCUT2D eigenvalue weighted by molar-refractivity contribution is 6.48. The van der Waals surface area contributed by atoms with Gasteiger partial charge in [0.15, 0.2) is 0 Å². The van der Waals surface area contributed by atoms with Gasteiger partial charge >= 0.3 is 12.1 Å². The highest BCUT2D eigenvalue weighted by Crippen LogP contribution is 2.43. The number of phenolic OH excluding ortho intramolecular Hbond substituents is 1. The van der Waals surface area contributed by atoms with Gasteiger partial charge in [-0.2, -0.15) is 18.4 Å². The molecular formula is C30H26F3N5O6. The second kappa shape index (κ2) is 13.5. The van der Waals surface area contributed by atoms with E-state index in [1.54, 1.807) is 6.07 Å². The second-order valence-corrected chi connectivity index (χ2v) is 9.51. The molecule has 0 aliphatic rings.